The molecule has 0 N–H and O–H groups in total. The maximum atomic E-state index is 13.3. The number of hydrogen-bond acceptors (Lipinski definition) is 4. The Balaban J connectivity index is 2.12. The molecule has 3 rings (SSSR count). The Kier molecular flexibility index (Phi) is 7.32. The third kappa shape index (κ3) is 5.56. The summed E-state index contributed by atoms with van der Waals surface area (Å²) < 4.78 is 66.7. The smallest absolute Gasteiger partial charge is 0.259 e. The minimum atomic E-state index is -4.54. The maximum Gasteiger partial charge on any atom is 0.416 e. The Labute approximate surface area is 196 Å². The SMILES string of the molecule is CC(C)=CCC1CN(S(=O)(=O)c2ccc(C)cc2)CC([N+](=O)[O-])=C1c1ccc(C(F)(F)F)cc1. The number of aryl methyl sites for hydroxylation is 1. The van der Waals surface area contributed by atoms with E-state index in [-0.39, 0.29) is 28.3 Å². The molecule has 2 aromatic carbocycles. The molecule has 1 aliphatic rings. The van der Waals surface area contributed by atoms with E-state index in [2.05, 4.69) is 0 Å². The van der Waals surface area contributed by atoms with Crippen molar-refractivity contribution in [3.05, 3.63) is 92.7 Å². The first kappa shape index (κ1) is 25.6. The van der Waals surface area contributed by atoms with Crippen LogP contribution in [-0.4, -0.2) is 30.7 Å². The van der Waals surface area contributed by atoms with Crippen LogP contribution in [0.5, 0.6) is 0 Å². The molecule has 0 aliphatic carbocycles. The van der Waals surface area contributed by atoms with Gasteiger partial charge in [0.2, 0.25) is 10.0 Å². The number of rotatable bonds is 6. The second kappa shape index (κ2) is 9.71. The molecule has 10 heteroatoms. The van der Waals surface area contributed by atoms with E-state index in [1.165, 1.54) is 24.3 Å². The van der Waals surface area contributed by atoms with Crippen LogP contribution in [0.4, 0.5) is 13.2 Å². The molecule has 1 aliphatic heterocycles. The standard InChI is InChI=1S/C24H25F3N2O4S/c1-16(2)4-7-19-14-28(34(32,33)21-12-5-17(3)6-13-21)15-22(29(30)31)23(19)18-8-10-20(11-9-18)24(25,26)27/h4-6,8-13,19H,7,14-15H2,1-3H3. The zero-order valence-electron chi connectivity index (χ0n) is 19.0. The molecular formula is C24H25F3N2O4S. The number of benzene rings is 2. The van der Waals surface area contributed by atoms with Crippen LogP contribution in [0, 0.1) is 23.0 Å². The van der Waals surface area contributed by atoms with Crippen molar-refractivity contribution in [1.82, 2.24) is 4.31 Å². The highest BCUT2D eigenvalue weighted by Crippen LogP contribution is 2.38. The predicted octanol–water partition coefficient (Wildman–Crippen LogP) is 5.68. The molecule has 0 aromatic heterocycles. The zero-order chi connectivity index (χ0) is 25.3. The normalized spacial score (nSPS) is 17.5. The van der Waals surface area contributed by atoms with Gasteiger partial charge in [-0.25, -0.2) is 8.42 Å². The molecule has 0 radical (unpaired) electrons. The van der Waals surface area contributed by atoms with Gasteiger partial charge >= 0.3 is 6.18 Å². The molecule has 34 heavy (non-hydrogen) atoms. The molecule has 1 heterocycles. The Morgan fingerprint density at radius 3 is 2.21 bits per heavy atom. The van der Waals surface area contributed by atoms with Gasteiger partial charge in [-0.1, -0.05) is 41.5 Å². The van der Waals surface area contributed by atoms with Crippen molar-refractivity contribution < 1.29 is 26.5 Å². The summed E-state index contributed by atoms with van der Waals surface area (Å²) in [6.45, 7) is 4.99. The van der Waals surface area contributed by atoms with Crippen LogP contribution in [0.2, 0.25) is 0 Å². The van der Waals surface area contributed by atoms with Crippen molar-refractivity contribution in [2.75, 3.05) is 13.1 Å². The number of allylic oxidation sites excluding steroid dienone is 2. The van der Waals surface area contributed by atoms with Gasteiger partial charge in [-0.15, -0.1) is 0 Å². The van der Waals surface area contributed by atoms with E-state index in [9.17, 15) is 31.7 Å². The molecule has 6 nitrogen and oxygen atoms in total. The summed E-state index contributed by atoms with van der Waals surface area (Å²) in [5.74, 6) is -0.610. The number of sulfonamides is 1. The van der Waals surface area contributed by atoms with Crippen molar-refractivity contribution in [3.63, 3.8) is 0 Å². The molecular weight excluding hydrogens is 469 g/mol. The molecule has 0 saturated carbocycles. The molecule has 1 unspecified atom stereocenters. The molecule has 182 valence electrons. The summed E-state index contributed by atoms with van der Waals surface area (Å²) in [7, 11) is -4.02. The first-order valence-corrected chi connectivity index (χ1v) is 12.0. The highest BCUT2D eigenvalue weighted by Gasteiger charge is 2.40. The minimum Gasteiger partial charge on any atom is -0.259 e. The quantitative estimate of drug-likeness (QED) is 0.294. The summed E-state index contributed by atoms with van der Waals surface area (Å²) in [5, 5.41) is 12.0. The molecule has 0 spiro atoms. The molecule has 0 amide bonds. The number of alkyl halides is 3. The van der Waals surface area contributed by atoms with Crippen molar-refractivity contribution in [2.45, 2.75) is 38.3 Å². The fraction of sp³-hybridized carbons (Fsp3) is 0.333. The Morgan fingerprint density at radius 1 is 1.12 bits per heavy atom. The topological polar surface area (TPSA) is 80.5 Å². The lowest BCUT2D eigenvalue weighted by atomic mass is 9.85. The van der Waals surface area contributed by atoms with E-state index >= 15 is 0 Å². The number of nitrogens with zero attached hydrogens (tertiary/aromatic N) is 2. The van der Waals surface area contributed by atoms with Crippen LogP contribution in [-0.2, 0) is 16.2 Å². The Bertz CT molecular complexity index is 1230. The van der Waals surface area contributed by atoms with Gasteiger partial charge in [0.1, 0.15) is 6.54 Å². The lowest BCUT2D eigenvalue weighted by Gasteiger charge is -2.32. The fourth-order valence-corrected chi connectivity index (χ4v) is 5.35. The van der Waals surface area contributed by atoms with Gasteiger partial charge in [0.15, 0.2) is 0 Å². The van der Waals surface area contributed by atoms with Crippen LogP contribution in [0.25, 0.3) is 5.57 Å². The van der Waals surface area contributed by atoms with Gasteiger partial charge in [-0.2, -0.15) is 17.5 Å². The average molecular weight is 495 g/mol. The lowest BCUT2D eigenvalue weighted by Crippen LogP contribution is -2.42. The van der Waals surface area contributed by atoms with Crippen LogP contribution in [0.3, 0.4) is 0 Å². The number of hydrogen-bond donors (Lipinski definition) is 0. The molecule has 0 bridgehead atoms. The van der Waals surface area contributed by atoms with E-state index in [1.807, 2.05) is 26.8 Å². The summed E-state index contributed by atoms with van der Waals surface area (Å²) >= 11 is 0. The number of halogens is 3. The fourth-order valence-electron chi connectivity index (χ4n) is 3.90. The van der Waals surface area contributed by atoms with Crippen molar-refractivity contribution in [3.8, 4) is 0 Å². The van der Waals surface area contributed by atoms with E-state index in [1.54, 1.807) is 12.1 Å². The highest BCUT2D eigenvalue weighted by molar-refractivity contribution is 7.89. The van der Waals surface area contributed by atoms with Crippen LogP contribution < -0.4 is 0 Å². The number of nitro groups is 1. The highest BCUT2D eigenvalue weighted by atomic mass is 32.2. The van der Waals surface area contributed by atoms with E-state index in [0.717, 1.165) is 27.6 Å². The third-order valence-corrected chi connectivity index (χ3v) is 7.51. The Morgan fingerprint density at radius 2 is 1.71 bits per heavy atom. The van der Waals surface area contributed by atoms with Gasteiger partial charge < -0.3 is 0 Å². The summed E-state index contributed by atoms with van der Waals surface area (Å²) in [5.41, 5.74) is 1.14. The summed E-state index contributed by atoms with van der Waals surface area (Å²) in [4.78, 5) is 11.4. The van der Waals surface area contributed by atoms with E-state index in [0.29, 0.717) is 6.42 Å². The van der Waals surface area contributed by atoms with Crippen LogP contribution in [0.15, 0.2) is 70.8 Å². The monoisotopic (exact) mass is 494 g/mol. The van der Waals surface area contributed by atoms with Crippen LogP contribution in [0.1, 0.15) is 37.0 Å². The maximum absolute atomic E-state index is 13.3. The van der Waals surface area contributed by atoms with Crippen molar-refractivity contribution in [2.24, 2.45) is 5.92 Å². The summed E-state index contributed by atoms with van der Waals surface area (Å²) in [6.07, 6.45) is -2.39. The van der Waals surface area contributed by atoms with E-state index < -0.39 is 39.1 Å². The van der Waals surface area contributed by atoms with Gasteiger partial charge in [0.05, 0.1) is 15.4 Å². The lowest BCUT2D eigenvalue weighted by molar-refractivity contribution is -0.427. The zero-order valence-corrected chi connectivity index (χ0v) is 19.8. The first-order chi connectivity index (χ1) is 15.8. The van der Waals surface area contributed by atoms with Gasteiger partial charge in [0.25, 0.3) is 5.70 Å². The minimum absolute atomic E-state index is 0.0275. The largest absolute Gasteiger partial charge is 0.416 e. The second-order valence-corrected chi connectivity index (χ2v) is 10.5. The van der Waals surface area contributed by atoms with Crippen molar-refractivity contribution in [1.29, 1.82) is 0 Å². The van der Waals surface area contributed by atoms with Crippen LogP contribution >= 0.6 is 0 Å². The first-order valence-electron chi connectivity index (χ1n) is 10.6. The average Bonchev–Trinajstić information content (AvgIpc) is 2.76. The van der Waals surface area contributed by atoms with Gasteiger partial charge in [0, 0.05) is 18.0 Å². The van der Waals surface area contributed by atoms with E-state index in [4.69, 9.17) is 0 Å². The molecule has 2 aromatic rings. The predicted molar refractivity (Wildman–Crippen MR) is 123 cm³/mol. The second-order valence-electron chi connectivity index (χ2n) is 8.52. The Hall–Kier alpha value is -2.98. The van der Waals surface area contributed by atoms with Crippen molar-refractivity contribution >= 4 is 15.6 Å². The molecule has 0 fully saturated rings. The third-order valence-electron chi connectivity index (χ3n) is 5.68. The molecule has 0 saturated heterocycles. The summed E-state index contributed by atoms with van der Waals surface area (Å²) in [6, 6.07) is 10.4. The van der Waals surface area contributed by atoms with Gasteiger partial charge in [-0.3, -0.25) is 10.1 Å². The molecule has 1 atom stereocenters. The van der Waals surface area contributed by atoms with Gasteiger partial charge in [-0.05, 0) is 57.0 Å².